The van der Waals surface area contributed by atoms with Crippen molar-refractivity contribution in [1.29, 1.82) is 0 Å². The standard InChI is InChI=1S/C19H28O/c1-2-3-4-5-6-7-8-9-10-14-17-20-18-19-15-12-11-13-16-19/h11-13,15-16H,2-10,18H2,1H3. The summed E-state index contributed by atoms with van der Waals surface area (Å²) in [6.07, 6.45) is 14.6. The van der Waals surface area contributed by atoms with Crippen molar-refractivity contribution in [2.45, 2.75) is 71.3 Å². The Morgan fingerprint density at radius 3 is 2.20 bits per heavy atom. The second-order valence-corrected chi connectivity index (χ2v) is 5.28. The second kappa shape index (κ2) is 12.6. The topological polar surface area (TPSA) is 9.23 Å². The van der Waals surface area contributed by atoms with E-state index in [4.69, 9.17) is 4.74 Å². The van der Waals surface area contributed by atoms with Crippen molar-refractivity contribution in [1.82, 2.24) is 0 Å². The van der Waals surface area contributed by atoms with Crippen LogP contribution in [0, 0.1) is 12.0 Å². The zero-order chi connectivity index (χ0) is 14.3. The van der Waals surface area contributed by atoms with Gasteiger partial charge in [-0.2, -0.15) is 0 Å². The highest BCUT2D eigenvalue weighted by atomic mass is 16.5. The highest BCUT2D eigenvalue weighted by molar-refractivity contribution is 5.13. The normalized spacial score (nSPS) is 9.85. The molecule has 0 fully saturated rings. The largest absolute Gasteiger partial charge is 0.442 e. The molecule has 1 aromatic rings. The number of hydrogen-bond acceptors (Lipinski definition) is 1. The molecule has 0 atom stereocenters. The summed E-state index contributed by atoms with van der Waals surface area (Å²) in [6.45, 7) is 2.85. The second-order valence-electron chi connectivity index (χ2n) is 5.28. The van der Waals surface area contributed by atoms with Crippen LogP contribution in [0.4, 0.5) is 0 Å². The Bertz CT molecular complexity index is 372. The summed E-state index contributed by atoms with van der Waals surface area (Å²) in [5.41, 5.74) is 1.17. The lowest BCUT2D eigenvalue weighted by Gasteiger charge is -1.99. The van der Waals surface area contributed by atoms with E-state index in [9.17, 15) is 0 Å². The maximum atomic E-state index is 5.33. The molecule has 1 heteroatoms. The van der Waals surface area contributed by atoms with E-state index < -0.39 is 0 Å². The van der Waals surface area contributed by atoms with Gasteiger partial charge in [0, 0.05) is 6.42 Å². The number of unbranched alkanes of at least 4 members (excludes halogenated alkanes) is 8. The molecule has 0 aromatic heterocycles. The molecule has 1 rings (SSSR count). The smallest absolute Gasteiger partial charge is 0.125 e. The fraction of sp³-hybridized carbons (Fsp3) is 0.579. The summed E-state index contributed by atoms with van der Waals surface area (Å²) in [7, 11) is 0. The maximum absolute atomic E-state index is 5.33. The van der Waals surface area contributed by atoms with Crippen molar-refractivity contribution in [3.05, 3.63) is 35.9 Å². The van der Waals surface area contributed by atoms with Crippen molar-refractivity contribution in [3.8, 4) is 12.0 Å². The van der Waals surface area contributed by atoms with E-state index in [2.05, 4.69) is 31.1 Å². The minimum atomic E-state index is 0.589. The molecule has 0 N–H and O–H groups in total. The van der Waals surface area contributed by atoms with Gasteiger partial charge in [-0.3, -0.25) is 0 Å². The summed E-state index contributed by atoms with van der Waals surface area (Å²) in [5, 5.41) is 0. The zero-order valence-corrected chi connectivity index (χ0v) is 12.9. The highest BCUT2D eigenvalue weighted by Gasteiger charge is 1.91. The Morgan fingerprint density at radius 1 is 0.850 bits per heavy atom. The summed E-state index contributed by atoms with van der Waals surface area (Å²) in [5.74, 6) is 3.09. The third-order valence-electron chi connectivity index (χ3n) is 3.38. The first-order valence-electron chi connectivity index (χ1n) is 8.07. The molecule has 0 spiro atoms. The van der Waals surface area contributed by atoms with Crippen molar-refractivity contribution < 1.29 is 4.74 Å². The number of hydrogen-bond donors (Lipinski definition) is 0. The van der Waals surface area contributed by atoms with E-state index in [-0.39, 0.29) is 0 Å². The molecule has 0 saturated carbocycles. The Labute approximate surface area is 124 Å². The fourth-order valence-electron chi connectivity index (χ4n) is 2.14. The quantitative estimate of drug-likeness (QED) is 0.392. The predicted octanol–water partition coefficient (Wildman–Crippen LogP) is 5.69. The van der Waals surface area contributed by atoms with Crippen LogP contribution < -0.4 is 0 Å². The number of benzene rings is 1. The van der Waals surface area contributed by atoms with E-state index in [1.165, 1.54) is 56.9 Å². The van der Waals surface area contributed by atoms with Crippen LogP contribution in [0.3, 0.4) is 0 Å². The summed E-state index contributed by atoms with van der Waals surface area (Å²) in [4.78, 5) is 0. The van der Waals surface area contributed by atoms with Gasteiger partial charge in [0.05, 0.1) is 0 Å². The average molecular weight is 272 g/mol. The van der Waals surface area contributed by atoms with E-state index in [1.54, 1.807) is 0 Å². The lowest BCUT2D eigenvalue weighted by atomic mass is 10.1. The Kier molecular flexibility index (Phi) is 10.5. The van der Waals surface area contributed by atoms with Crippen LogP contribution in [0.2, 0.25) is 0 Å². The summed E-state index contributed by atoms with van der Waals surface area (Å²) >= 11 is 0. The monoisotopic (exact) mass is 272 g/mol. The third-order valence-corrected chi connectivity index (χ3v) is 3.38. The lowest BCUT2D eigenvalue weighted by Crippen LogP contribution is -1.85. The van der Waals surface area contributed by atoms with Crippen LogP contribution >= 0.6 is 0 Å². The molecular weight excluding hydrogens is 244 g/mol. The van der Waals surface area contributed by atoms with E-state index >= 15 is 0 Å². The first kappa shape index (κ1) is 16.6. The molecule has 0 unspecified atom stereocenters. The summed E-state index contributed by atoms with van der Waals surface area (Å²) in [6, 6.07) is 10.2. The van der Waals surface area contributed by atoms with E-state index in [0.717, 1.165) is 6.42 Å². The number of rotatable bonds is 10. The maximum Gasteiger partial charge on any atom is 0.125 e. The van der Waals surface area contributed by atoms with Crippen molar-refractivity contribution in [3.63, 3.8) is 0 Å². The van der Waals surface area contributed by atoms with Crippen LogP contribution in [0.5, 0.6) is 0 Å². The fourth-order valence-corrected chi connectivity index (χ4v) is 2.14. The van der Waals surface area contributed by atoms with Gasteiger partial charge in [0.25, 0.3) is 0 Å². The molecule has 0 aliphatic heterocycles. The van der Waals surface area contributed by atoms with Crippen LogP contribution in [-0.4, -0.2) is 0 Å². The molecular formula is C19H28O. The van der Waals surface area contributed by atoms with Gasteiger partial charge >= 0.3 is 0 Å². The lowest BCUT2D eigenvalue weighted by molar-refractivity contribution is 0.264. The van der Waals surface area contributed by atoms with Gasteiger partial charge < -0.3 is 4.74 Å². The predicted molar refractivity (Wildman–Crippen MR) is 86.2 cm³/mol. The first-order valence-corrected chi connectivity index (χ1v) is 8.07. The van der Waals surface area contributed by atoms with Crippen molar-refractivity contribution in [2.75, 3.05) is 0 Å². The van der Waals surface area contributed by atoms with Crippen molar-refractivity contribution >= 4 is 0 Å². The van der Waals surface area contributed by atoms with Crippen molar-refractivity contribution in [2.24, 2.45) is 0 Å². The van der Waals surface area contributed by atoms with Gasteiger partial charge in [0.2, 0.25) is 0 Å². The van der Waals surface area contributed by atoms with E-state index in [0.29, 0.717) is 6.61 Å². The molecule has 1 aromatic carbocycles. The Hall–Kier alpha value is -1.42. The molecule has 1 nitrogen and oxygen atoms in total. The molecule has 0 radical (unpaired) electrons. The Morgan fingerprint density at radius 2 is 1.50 bits per heavy atom. The minimum Gasteiger partial charge on any atom is -0.442 e. The van der Waals surface area contributed by atoms with Crippen LogP contribution in [-0.2, 0) is 11.3 Å². The molecule has 0 aliphatic rings. The molecule has 0 heterocycles. The molecule has 0 aliphatic carbocycles. The Balaban J connectivity index is 1.88. The zero-order valence-electron chi connectivity index (χ0n) is 12.9. The number of ether oxygens (including phenoxy) is 1. The first-order chi connectivity index (χ1) is 9.93. The minimum absolute atomic E-state index is 0.589. The summed E-state index contributed by atoms with van der Waals surface area (Å²) < 4.78 is 5.33. The molecule has 0 saturated heterocycles. The van der Waals surface area contributed by atoms with Crippen LogP contribution in [0.25, 0.3) is 0 Å². The molecule has 0 amide bonds. The molecule has 0 bridgehead atoms. The van der Waals surface area contributed by atoms with Gasteiger partial charge in [-0.15, -0.1) is 0 Å². The van der Waals surface area contributed by atoms with Gasteiger partial charge in [-0.1, -0.05) is 88.1 Å². The van der Waals surface area contributed by atoms with Gasteiger partial charge in [-0.05, 0) is 12.0 Å². The van der Waals surface area contributed by atoms with Gasteiger partial charge in [0.1, 0.15) is 12.7 Å². The van der Waals surface area contributed by atoms with Crippen LogP contribution in [0.15, 0.2) is 30.3 Å². The highest BCUT2D eigenvalue weighted by Crippen LogP contribution is 2.09. The average Bonchev–Trinajstić information content (AvgIpc) is 2.49. The van der Waals surface area contributed by atoms with Gasteiger partial charge in [0.15, 0.2) is 0 Å². The van der Waals surface area contributed by atoms with Gasteiger partial charge in [-0.25, -0.2) is 0 Å². The SMILES string of the molecule is CCCCCCCCCCC#COCc1ccccc1. The third kappa shape index (κ3) is 9.50. The van der Waals surface area contributed by atoms with E-state index in [1.807, 2.05) is 18.2 Å². The van der Waals surface area contributed by atoms with Crippen LogP contribution in [0.1, 0.15) is 70.3 Å². The molecule has 110 valence electrons. The molecule has 20 heavy (non-hydrogen) atoms.